The Hall–Kier alpha value is -10.8. The predicted octanol–water partition coefficient (Wildman–Crippen LogP) is 26.3. The minimum atomic E-state index is -5.73. The fraction of sp³-hybridized carbons (Fsp3) is 0.141. The number of rotatable bonds is 7. The summed E-state index contributed by atoms with van der Waals surface area (Å²) in [6, 6.07) is 13.8. The number of nitrogens with zero attached hydrogens (tertiary/aromatic N) is 3. The molecule has 0 fully saturated rings. The van der Waals surface area contributed by atoms with E-state index >= 15 is 0 Å². The van der Waals surface area contributed by atoms with Gasteiger partial charge in [0.05, 0.1) is 89.1 Å². The molecule has 0 unspecified atom stereocenters. The van der Waals surface area contributed by atoms with Crippen molar-refractivity contribution in [1.29, 1.82) is 5.26 Å². The van der Waals surface area contributed by atoms with Crippen molar-refractivity contribution >= 4 is 43.6 Å². The lowest BCUT2D eigenvalue weighted by Gasteiger charge is -2.20. The molecule has 0 bridgehead atoms. The molecule has 0 aliphatic carbocycles. The Bertz CT molecular complexity index is 4810. The molecule has 0 aliphatic rings. The summed E-state index contributed by atoms with van der Waals surface area (Å²) in [5.74, 6) is 0. The summed E-state index contributed by atoms with van der Waals surface area (Å²) in [4.78, 5) is 0. The molecule has 0 amide bonds. The van der Waals surface area contributed by atoms with E-state index < -0.39 is 212 Å². The number of hydrogen-bond donors (Lipinski definition) is 0. The van der Waals surface area contributed by atoms with Crippen molar-refractivity contribution in [1.82, 2.24) is 9.13 Å². The lowest BCUT2D eigenvalue weighted by molar-refractivity contribution is -0.144. The lowest BCUT2D eigenvalue weighted by Crippen LogP contribution is -2.11. The van der Waals surface area contributed by atoms with E-state index in [0.29, 0.717) is 12.1 Å². The fourth-order valence-electron chi connectivity index (χ4n) is 12.1. The Kier molecular flexibility index (Phi) is 16.9. The van der Waals surface area contributed by atoms with E-state index in [4.69, 9.17) is 0 Å². The second-order valence-electron chi connectivity index (χ2n) is 23.6. The Labute approximate surface area is 560 Å². The van der Waals surface area contributed by atoms with Gasteiger partial charge in [-0.2, -0.15) is 137 Å². The number of nitriles is 1. The van der Waals surface area contributed by atoms with Gasteiger partial charge in [0.1, 0.15) is 11.6 Å². The molecule has 0 aliphatic heterocycles. The smallest absolute Gasteiger partial charge is 0.308 e. The van der Waals surface area contributed by atoms with Gasteiger partial charge in [0.25, 0.3) is 0 Å². The highest BCUT2D eigenvalue weighted by atomic mass is 19.4. The third kappa shape index (κ3) is 13.9. The summed E-state index contributed by atoms with van der Waals surface area (Å²) in [6.45, 7) is 0. The molecule has 0 spiro atoms. The van der Waals surface area contributed by atoms with Gasteiger partial charge in [-0.3, -0.25) is 0 Å². The molecule has 0 saturated heterocycles. The van der Waals surface area contributed by atoms with Crippen LogP contribution in [0.2, 0.25) is 0 Å². The van der Waals surface area contributed by atoms with Crippen LogP contribution in [0.1, 0.15) is 61.2 Å². The first-order valence-corrected chi connectivity index (χ1v) is 29.0. The number of fused-ring (bicyclic) bond motifs is 6. The van der Waals surface area contributed by atoms with Gasteiger partial charge < -0.3 is 9.13 Å². The molecule has 12 rings (SSSR count). The molecule has 33 heteroatoms. The zero-order valence-electron chi connectivity index (χ0n) is 50.4. The quantitative estimate of drug-likeness (QED) is 0.146. The van der Waals surface area contributed by atoms with Crippen LogP contribution in [0.4, 0.5) is 132 Å². The maximum Gasteiger partial charge on any atom is 0.416 e. The summed E-state index contributed by atoms with van der Waals surface area (Å²) in [5.41, 5.74) is -33.5. The topological polar surface area (TPSA) is 33.6 Å². The molecule has 2 heterocycles. The van der Waals surface area contributed by atoms with Crippen molar-refractivity contribution in [2.24, 2.45) is 0 Å². The van der Waals surface area contributed by atoms with Gasteiger partial charge >= 0.3 is 61.8 Å². The van der Waals surface area contributed by atoms with Crippen LogP contribution in [0.5, 0.6) is 0 Å². The van der Waals surface area contributed by atoms with Crippen LogP contribution in [0, 0.1) is 11.3 Å². The molecule has 0 saturated carbocycles. The summed E-state index contributed by atoms with van der Waals surface area (Å²) in [6.07, 6.45) is -55.9. The van der Waals surface area contributed by atoms with Crippen LogP contribution in [-0.2, 0) is 61.8 Å². The van der Waals surface area contributed by atoms with Crippen molar-refractivity contribution in [2.45, 2.75) is 61.8 Å². The summed E-state index contributed by atoms with van der Waals surface area (Å²) < 4.78 is 440. The van der Waals surface area contributed by atoms with Gasteiger partial charge in [0, 0.05) is 21.5 Å². The standard InChI is InChI=1S/C71H29F30N3/c72-62(73,74)41-9-35(10-42(25-41)63(75,76)77)31-1-5-51-52-6-2-32(36-11-43(64(78,79)80)26-44(12-36)65(81,82)83)20-57(52)103(56(51)19-31)60-23-40(39-17-49(70(96,97)98)29-50(18-39)71(99,100)101)24-61(55(60)30-102)104-58-21-33(37-13-45(66(84,85)86)27-46(14-37)67(87,88)89)3-7-53(58)54-8-4-34(22-59(54)104)38-15-47(68(90,91)92)28-48(16-38)69(93,94)95/h1-29H. The van der Waals surface area contributed by atoms with Gasteiger partial charge in [0.15, 0.2) is 0 Å². The third-order valence-electron chi connectivity index (χ3n) is 16.8. The van der Waals surface area contributed by atoms with Crippen molar-refractivity contribution in [2.75, 3.05) is 0 Å². The molecule has 2 aromatic heterocycles. The molecule has 538 valence electrons. The Morgan fingerprint density at radius 2 is 0.346 bits per heavy atom. The zero-order chi connectivity index (χ0) is 76.3. The summed E-state index contributed by atoms with van der Waals surface area (Å²) in [7, 11) is 0. The average Bonchev–Trinajstić information content (AvgIpc) is 1.57. The zero-order valence-corrected chi connectivity index (χ0v) is 50.4. The number of halogens is 30. The molecule has 3 nitrogen and oxygen atoms in total. The van der Waals surface area contributed by atoms with Crippen LogP contribution in [0.25, 0.3) is 111 Å². The second kappa shape index (κ2) is 24.1. The van der Waals surface area contributed by atoms with E-state index in [1.54, 1.807) is 6.07 Å². The SMILES string of the molecule is N#Cc1c(-n2c3cc(-c4cc(C(F)(F)F)cc(C(F)(F)F)c4)ccc3c3ccc(-c4cc(C(F)(F)F)cc(C(F)(F)F)c4)cc32)cc(-c2cc(C(F)(F)F)cc(C(F)(F)F)c2)cc1-n1c2cc(-c3cc(C(F)(F)F)cc(C(F)(F)F)c3)ccc2c2ccc(-c3cc(C(F)(F)F)cc(C(F)(F)F)c3)cc21. The van der Waals surface area contributed by atoms with Gasteiger partial charge in [-0.05, 0) is 183 Å². The van der Waals surface area contributed by atoms with Gasteiger partial charge in [0.2, 0.25) is 0 Å². The number of alkyl halides is 30. The van der Waals surface area contributed by atoms with Crippen LogP contribution < -0.4 is 0 Å². The van der Waals surface area contributed by atoms with Crippen molar-refractivity contribution in [3.05, 3.63) is 237 Å². The molecule has 12 aromatic rings. The Morgan fingerprint density at radius 3 is 0.500 bits per heavy atom. The monoisotopic (exact) mass is 1490 g/mol. The summed E-state index contributed by atoms with van der Waals surface area (Å²) >= 11 is 0. The van der Waals surface area contributed by atoms with Crippen molar-refractivity contribution in [3.8, 4) is 73.1 Å². The Morgan fingerprint density at radius 1 is 0.192 bits per heavy atom. The molecule has 104 heavy (non-hydrogen) atoms. The van der Waals surface area contributed by atoms with E-state index in [2.05, 4.69) is 0 Å². The summed E-state index contributed by atoms with van der Waals surface area (Å²) in [5, 5.41) is 10.6. The van der Waals surface area contributed by atoms with Gasteiger partial charge in [-0.25, -0.2) is 0 Å². The minimum Gasteiger partial charge on any atom is -0.308 e. The van der Waals surface area contributed by atoms with E-state index in [9.17, 15) is 137 Å². The second-order valence-corrected chi connectivity index (χ2v) is 23.6. The van der Waals surface area contributed by atoms with Crippen LogP contribution in [0.3, 0.4) is 0 Å². The average molecular weight is 1490 g/mol. The van der Waals surface area contributed by atoms with E-state index in [1.165, 1.54) is 0 Å². The molecular formula is C71H29F30N3. The van der Waals surface area contributed by atoms with Crippen molar-refractivity contribution < 1.29 is 132 Å². The molecule has 0 N–H and O–H groups in total. The van der Waals surface area contributed by atoms with Gasteiger partial charge in [-0.15, -0.1) is 0 Å². The van der Waals surface area contributed by atoms with E-state index in [0.717, 1.165) is 81.9 Å². The van der Waals surface area contributed by atoms with Gasteiger partial charge in [-0.1, -0.05) is 48.5 Å². The first-order chi connectivity index (χ1) is 47.7. The normalized spacial score (nSPS) is 13.5. The lowest BCUT2D eigenvalue weighted by atomic mass is 9.95. The number of aromatic nitrogens is 2. The maximum atomic E-state index is 15.0. The molecule has 10 aromatic carbocycles. The Balaban J connectivity index is 1.30. The molecule has 0 radical (unpaired) electrons. The highest BCUT2D eigenvalue weighted by Crippen LogP contribution is 2.50. The number of benzene rings is 10. The van der Waals surface area contributed by atoms with Crippen LogP contribution in [0.15, 0.2) is 176 Å². The molecule has 0 atom stereocenters. The van der Waals surface area contributed by atoms with Crippen LogP contribution in [-0.4, -0.2) is 9.13 Å². The minimum absolute atomic E-state index is 0.0733. The van der Waals surface area contributed by atoms with Crippen LogP contribution >= 0.6 is 0 Å². The third-order valence-corrected chi connectivity index (χ3v) is 16.8. The molecular weight excluding hydrogens is 1460 g/mol. The predicted molar refractivity (Wildman–Crippen MR) is 317 cm³/mol. The first-order valence-electron chi connectivity index (χ1n) is 29.0. The highest BCUT2D eigenvalue weighted by molar-refractivity contribution is 6.13. The van der Waals surface area contributed by atoms with E-state index in [-0.39, 0.29) is 113 Å². The number of hydrogen-bond acceptors (Lipinski definition) is 1. The van der Waals surface area contributed by atoms with E-state index in [1.807, 2.05) is 0 Å². The van der Waals surface area contributed by atoms with Crippen molar-refractivity contribution in [3.63, 3.8) is 0 Å². The maximum absolute atomic E-state index is 15.0. The fourth-order valence-corrected chi connectivity index (χ4v) is 12.1. The highest BCUT2D eigenvalue weighted by Gasteiger charge is 2.43. The largest absolute Gasteiger partial charge is 0.416 e. The first kappa shape index (κ1) is 73.0.